The average Bonchev–Trinajstić information content (AvgIpc) is 2.78. The third kappa shape index (κ3) is 6.13. The molecule has 0 aliphatic carbocycles. The quantitative estimate of drug-likeness (QED) is 0.406. The first-order chi connectivity index (χ1) is 14.2. The molecule has 0 spiro atoms. The molecule has 29 heavy (non-hydrogen) atoms. The minimum atomic E-state index is -0.175. The lowest BCUT2D eigenvalue weighted by Gasteiger charge is -2.29. The summed E-state index contributed by atoms with van der Waals surface area (Å²) in [7, 11) is 3.25. The fourth-order valence-corrected chi connectivity index (χ4v) is 3.54. The Bertz CT molecular complexity index is 836. The summed E-state index contributed by atoms with van der Waals surface area (Å²) in [6.45, 7) is 3.18. The minimum Gasteiger partial charge on any atom is -0.497 e. The van der Waals surface area contributed by atoms with Crippen LogP contribution in [0.1, 0.15) is 5.56 Å². The van der Waals surface area contributed by atoms with E-state index in [0.29, 0.717) is 5.75 Å². The number of hydrazone groups is 1. The van der Waals surface area contributed by atoms with E-state index in [2.05, 4.69) is 15.4 Å². The molecular formula is C21H25N3O4S. The van der Waals surface area contributed by atoms with Crippen LogP contribution in [-0.2, 0) is 9.53 Å². The molecule has 1 aliphatic heterocycles. The fraction of sp³-hybridized carbons (Fsp3) is 0.333. The molecule has 0 atom stereocenters. The standard InChI is InChI=1S/C21H25N3O4S/c1-26-18-5-7-19(8-6-18)29-15-21(25)23-22-14-16-3-4-17(13-20(16)27-2)24-9-11-28-12-10-24/h3-8,13-14H,9-12,15H2,1-2H3,(H,23,25)/b22-14+. The molecule has 2 aromatic carbocycles. The minimum absolute atomic E-state index is 0.175. The monoisotopic (exact) mass is 415 g/mol. The van der Waals surface area contributed by atoms with Crippen LogP contribution in [0.15, 0.2) is 52.5 Å². The van der Waals surface area contributed by atoms with E-state index in [9.17, 15) is 4.79 Å². The number of carbonyl (C=O) groups excluding carboxylic acids is 1. The van der Waals surface area contributed by atoms with Gasteiger partial charge in [0.2, 0.25) is 5.91 Å². The lowest BCUT2D eigenvalue weighted by Crippen LogP contribution is -2.36. The number of hydrogen-bond donors (Lipinski definition) is 1. The van der Waals surface area contributed by atoms with Gasteiger partial charge in [-0.2, -0.15) is 5.10 Å². The fourth-order valence-electron chi connectivity index (χ4n) is 2.85. The summed E-state index contributed by atoms with van der Waals surface area (Å²) in [4.78, 5) is 15.3. The number of ether oxygens (including phenoxy) is 3. The smallest absolute Gasteiger partial charge is 0.250 e. The van der Waals surface area contributed by atoms with Crippen LogP contribution in [0.5, 0.6) is 11.5 Å². The van der Waals surface area contributed by atoms with Gasteiger partial charge in [0.25, 0.3) is 0 Å². The maximum absolute atomic E-state index is 12.0. The molecule has 7 nitrogen and oxygen atoms in total. The Hall–Kier alpha value is -2.71. The van der Waals surface area contributed by atoms with Crippen molar-refractivity contribution in [1.29, 1.82) is 0 Å². The average molecular weight is 416 g/mol. The number of benzene rings is 2. The van der Waals surface area contributed by atoms with E-state index in [1.807, 2.05) is 42.5 Å². The van der Waals surface area contributed by atoms with Crippen molar-refractivity contribution >= 4 is 29.6 Å². The molecule has 1 fully saturated rings. The third-order valence-corrected chi connectivity index (χ3v) is 5.43. The lowest BCUT2D eigenvalue weighted by atomic mass is 10.1. The molecule has 0 bridgehead atoms. The van der Waals surface area contributed by atoms with Crippen LogP contribution in [0.3, 0.4) is 0 Å². The van der Waals surface area contributed by atoms with E-state index in [1.54, 1.807) is 20.4 Å². The molecule has 8 heteroatoms. The number of nitrogens with zero attached hydrogens (tertiary/aromatic N) is 2. The first kappa shape index (κ1) is 21.0. The molecule has 2 aromatic rings. The maximum atomic E-state index is 12.0. The van der Waals surface area contributed by atoms with Crippen molar-refractivity contribution in [3.05, 3.63) is 48.0 Å². The Balaban J connectivity index is 1.52. The predicted molar refractivity (Wildman–Crippen MR) is 115 cm³/mol. The summed E-state index contributed by atoms with van der Waals surface area (Å²) in [6.07, 6.45) is 1.60. The van der Waals surface area contributed by atoms with Crippen molar-refractivity contribution in [2.75, 3.05) is 51.2 Å². The molecule has 154 valence electrons. The summed E-state index contributed by atoms with van der Waals surface area (Å²) in [5.74, 6) is 1.60. The van der Waals surface area contributed by atoms with E-state index in [-0.39, 0.29) is 11.7 Å². The van der Waals surface area contributed by atoms with E-state index < -0.39 is 0 Å². The Kier molecular flexibility index (Phi) is 7.77. The Labute approximate surface area is 175 Å². The second-order valence-electron chi connectivity index (χ2n) is 6.28. The molecule has 1 saturated heterocycles. The molecule has 1 heterocycles. The molecule has 3 rings (SSSR count). The van der Waals surface area contributed by atoms with Crippen molar-refractivity contribution in [1.82, 2.24) is 5.43 Å². The summed E-state index contributed by atoms with van der Waals surface area (Å²) >= 11 is 1.44. The van der Waals surface area contributed by atoms with Crippen LogP contribution in [-0.4, -0.2) is 58.4 Å². The second kappa shape index (κ2) is 10.7. The Morgan fingerprint density at radius 1 is 1.17 bits per heavy atom. The van der Waals surface area contributed by atoms with Gasteiger partial charge >= 0.3 is 0 Å². The van der Waals surface area contributed by atoms with Crippen LogP contribution in [0.25, 0.3) is 0 Å². The Morgan fingerprint density at radius 3 is 2.62 bits per heavy atom. The number of carbonyl (C=O) groups is 1. The van der Waals surface area contributed by atoms with Gasteiger partial charge in [-0.15, -0.1) is 11.8 Å². The number of methoxy groups -OCH3 is 2. The molecule has 0 saturated carbocycles. The van der Waals surface area contributed by atoms with E-state index in [0.717, 1.165) is 48.2 Å². The van der Waals surface area contributed by atoms with Gasteiger partial charge in [-0.3, -0.25) is 4.79 Å². The van der Waals surface area contributed by atoms with Crippen molar-refractivity contribution in [3.8, 4) is 11.5 Å². The normalized spacial score (nSPS) is 14.1. The summed E-state index contributed by atoms with van der Waals surface area (Å²) in [5, 5.41) is 4.06. The highest BCUT2D eigenvalue weighted by atomic mass is 32.2. The van der Waals surface area contributed by atoms with Crippen molar-refractivity contribution in [2.24, 2.45) is 5.10 Å². The summed E-state index contributed by atoms with van der Waals surface area (Å²) in [5.41, 5.74) is 4.44. The molecular weight excluding hydrogens is 390 g/mol. The van der Waals surface area contributed by atoms with Gasteiger partial charge in [-0.1, -0.05) is 0 Å². The van der Waals surface area contributed by atoms with Crippen LogP contribution in [0.4, 0.5) is 5.69 Å². The van der Waals surface area contributed by atoms with Gasteiger partial charge in [0.1, 0.15) is 11.5 Å². The van der Waals surface area contributed by atoms with Crippen LogP contribution in [0, 0.1) is 0 Å². The van der Waals surface area contributed by atoms with Gasteiger partial charge in [0.05, 0.1) is 39.4 Å². The van der Waals surface area contributed by atoms with E-state index >= 15 is 0 Å². The number of rotatable bonds is 8. The summed E-state index contributed by atoms with van der Waals surface area (Å²) < 4.78 is 16.0. The van der Waals surface area contributed by atoms with Gasteiger partial charge in [0, 0.05) is 35.3 Å². The van der Waals surface area contributed by atoms with Gasteiger partial charge in [-0.25, -0.2) is 5.43 Å². The number of amides is 1. The number of nitrogens with one attached hydrogen (secondary N) is 1. The Morgan fingerprint density at radius 2 is 1.93 bits per heavy atom. The van der Waals surface area contributed by atoms with Gasteiger partial charge in [-0.05, 0) is 36.4 Å². The zero-order chi connectivity index (χ0) is 20.5. The van der Waals surface area contributed by atoms with Crippen molar-refractivity contribution in [3.63, 3.8) is 0 Å². The van der Waals surface area contributed by atoms with Crippen LogP contribution >= 0.6 is 11.8 Å². The number of thioether (sulfide) groups is 1. The number of hydrogen-bond acceptors (Lipinski definition) is 7. The van der Waals surface area contributed by atoms with Crippen molar-refractivity contribution in [2.45, 2.75) is 4.90 Å². The second-order valence-corrected chi connectivity index (χ2v) is 7.33. The highest BCUT2D eigenvalue weighted by molar-refractivity contribution is 8.00. The molecule has 1 amide bonds. The zero-order valence-corrected chi connectivity index (χ0v) is 17.4. The van der Waals surface area contributed by atoms with Gasteiger partial charge < -0.3 is 19.1 Å². The number of anilines is 1. The zero-order valence-electron chi connectivity index (χ0n) is 16.6. The van der Waals surface area contributed by atoms with Crippen molar-refractivity contribution < 1.29 is 19.0 Å². The van der Waals surface area contributed by atoms with E-state index in [1.165, 1.54) is 11.8 Å². The highest BCUT2D eigenvalue weighted by Crippen LogP contribution is 2.25. The molecule has 0 aromatic heterocycles. The topological polar surface area (TPSA) is 72.4 Å². The maximum Gasteiger partial charge on any atom is 0.250 e. The van der Waals surface area contributed by atoms with E-state index in [4.69, 9.17) is 14.2 Å². The number of morpholine rings is 1. The molecule has 1 N–H and O–H groups in total. The van der Waals surface area contributed by atoms with Crippen LogP contribution in [0.2, 0.25) is 0 Å². The highest BCUT2D eigenvalue weighted by Gasteiger charge is 2.13. The third-order valence-electron chi connectivity index (χ3n) is 4.42. The van der Waals surface area contributed by atoms with Crippen LogP contribution < -0.4 is 19.8 Å². The molecule has 1 aliphatic rings. The SMILES string of the molecule is COc1ccc(SCC(=O)N/N=C/c2ccc(N3CCOCC3)cc2OC)cc1. The first-order valence-corrected chi connectivity index (χ1v) is 10.3. The predicted octanol–water partition coefficient (Wildman–Crippen LogP) is 2.78. The van der Waals surface area contributed by atoms with Gasteiger partial charge in [0.15, 0.2) is 0 Å². The first-order valence-electron chi connectivity index (χ1n) is 9.29. The molecule has 0 unspecified atom stereocenters. The summed E-state index contributed by atoms with van der Waals surface area (Å²) in [6, 6.07) is 13.5. The largest absolute Gasteiger partial charge is 0.497 e. The lowest BCUT2D eigenvalue weighted by molar-refractivity contribution is -0.118. The molecule has 0 radical (unpaired) electrons.